The number of rotatable bonds is 7. The summed E-state index contributed by atoms with van der Waals surface area (Å²) in [6, 6.07) is 14.6. The normalized spacial score (nSPS) is 12.1. The summed E-state index contributed by atoms with van der Waals surface area (Å²) in [6.45, 7) is 3.69. The van der Waals surface area contributed by atoms with Gasteiger partial charge < -0.3 is 15.5 Å². The maximum absolute atomic E-state index is 14.4. The number of nitrogens with one attached hydrogen (secondary N) is 1. The minimum absolute atomic E-state index is 0.184. The molecule has 0 aliphatic rings. The van der Waals surface area contributed by atoms with Crippen molar-refractivity contribution in [3.8, 4) is 28.3 Å². The van der Waals surface area contributed by atoms with Crippen LogP contribution in [0.25, 0.3) is 39.2 Å². The summed E-state index contributed by atoms with van der Waals surface area (Å²) in [4.78, 5) is 27.9. The molecule has 1 unspecified atom stereocenters. The van der Waals surface area contributed by atoms with E-state index < -0.39 is 6.04 Å². The van der Waals surface area contributed by atoms with Crippen molar-refractivity contribution in [3.63, 3.8) is 0 Å². The Labute approximate surface area is 228 Å². The number of anilines is 2. The fourth-order valence-corrected chi connectivity index (χ4v) is 4.74. The van der Waals surface area contributed by atoms with Crippen LogP contribution in [0.5, 0.6) is 0 Å². The molecule has 0 bridgehead atoms. The topological polar surface area (TPSA) is 155 Å². The van der Waals surface area contributed by atoms with E-state index in [1.54, 1.807) is 22.4 Å². The van der Waals surface area contributed by atoms with Gasteiger partial charge in [0.1, 0.15) is 29.4 Å². The standard InChI is InChI=1S/C28H26N10O2/c1-4-20(33-25-23(24(29)30-15-31-25)27-36-35-16(2)40-27)26-34-21-12-8-11-19(17-13-32-37(3)14-17)22(21)28(39)38(26)18-9-6-5-7-10-18/h5-15,20H,4H2,1-3H3,(H3,29,30,31,33). The van der Waals surface area contributed by atoms with Gasteiger partial charge in [0.25, 0.3) is 11.4 Å². The first-order valence-electron chi connectivity index (χ1n) is 12.7. The van der Waals surface area contributed by atoms with Crippen LogP contribution in [0.1, 0.15) is 31.1 Å². The van der Waals surface area contributed by atoms with Crippen molar-refractivity contribution in [1.82, 2.24) is 39.5 Å². The number of aryl methyl sites for hydroxylation is 2. The van der Waals surface area contributed by atoms with Crippen molar-refractivity contribution < 1.29 is 4.42 Å². The lowest BCUT2D eigenvalue weighted by Gasteiger charge is -2.23. The number of para-hydroxylation sites is 1. The number of fused-ring (bicyclic) bond motifs is 1. The summed E-state index contributed by atoms with van der Waals surface area (Å²) < 4.78 is 8.99. The molecule has 6 aromatic rings. The number of aromatic nitrogens is 8. The van der Waals surface area contributed by atoms with Gasteiger partial charge in [0.15, 0.2) is 0 Å². The predicted molar refractivity (Wildman–Crippen MR) is 151 cm³/mol. The number of hydrogen-bond donors (Lipinski definition) is 2. The predicted octanol–water partition coefficient (Wildman–Crippen LogP) is 4.08. The highest BCUT2D eigenvalue weighted by atomic mass is 16.4. The van der Waals surface area contributed by atoms with Crippen molar-refractivity contribution in [2.75, 3.05) is 11.1 Å². The second-order valence-corrected chi connectivity index (χ2v) is 9.26. The lowest BCUT2D eigenvalue weighted by atomic mass is 10.0. The zero-order valence-electron chi connectivity index (χ0n) is 22.1. The highest BCUT2D eigenvalue weighted by molar-refractivity contribution is 5.94. The van der Waals surface area contributed by atoms with E-state index in [9.17, 15) is 4.79 Å². The Bertz CT molecular complexity index is 1890. The Morgan fingerprint density at radius 3 is 2.60 bits per heavy atom. The lowest BCUT2D eigenvalue weighted by Crippen LogP contribution is -2.28. The molecule has 4 heterocycles. The van der Waals surface area contributed by atoms with E-state index in [4.69, 9.17) is 15.1 Å². The first-order valence-corrected chi connectivity index (χ1v) is 12.7. The van der Waals surface area contributed by atoms with E-state index in [1.807, 2.05) is 68.7 Å². The first kappa shape index (κ1) is 24.9. The summed E-state index contributed by atoms with van der Waals surface area (Å²) in [7, 11) is 1.84. The molecule has 12 nitrogen and oxygen atoms in total. The van der Waals surface area contributed by atoms with Gasteiger partial charge in [-0.3, -0.25) is 14.0 Å². The summed E-state index contributed by atoms with van der Waals surface area (Å²) in [5, 5.41) is 16.2. The molecule has 0 radical (unpaired) electrons. The van der Waals surface area contributed by atoms with Crippen molar-refractivity contribution in [2.24, 2.45) is 7.05 Å². The van der Waals surface area contributed by atoms with Crippen LogP contribution in [-0.2, 0) is 7.05 Å². The summed E-state index contributed by atoms with van der Waals surface area (Å²) in [5.74, 6) is 1.67. The van der Waals surface area contributed by atoms with Crippen molar-refractivity contribution in [3.05, 3.63) is 89.3 Å². The van der Waals surface area contributed by atoms with E-state index in [-0.39, 0.29) is 17.3 Å². The Kier molecular flexibility index (Phi) is 6.27. The molecule has 0 amide bonds. The number of hydrogen-bond acceptors (Lipinski definition) is 10. The van der Waals surface area contributed by atoms with Gasteiger partial charge in [0.2, 0.25) is 5.89 Å². The smallest absolute Gasteiger partial charge is 0.266 e. The maximum atomic E-state index is 14.4. The van der Waals surface area contributed by atoms with Gasteiger partial charge in [-0.05, 0) is 30.2 Å². The summed E-state index contributed by atoms with van der Waals surface area (Å²) in [6.07, 6.45) is 5.55. The van der Waals surface area contributed by atoms with Gasteiger partial charge in [-0.15, -0.1) is 10.2 Å². The third kappa shape index (κ3) is 4.34. The molecule has 12 heteroatoms. The van der Waals surface area contributed by atoms with Gasteiger partial charge in [-0.2, -0.15) is 5.10 Å². The van der Waals surface area contributed by atoms with Crippen LogP contribution in [0, 0.1) is 6.92 Å². The van der Waals surface area contributed by atoms with Crippen LogP contribution in [0.4, 0.5) is 11.6 Å². The van der Waals surface area contributed by atoms with E-state index in [0.29, 0.717) is 46.1 Å². The molecule has 0 aliphatic heterocycles. The average Bonchev–Trinajstić information content (AvgIpc) is 3.59. The lowest BCUT2D eigenvalue weighted by molar-refractivity contribution is 0.532. The molecule has 40 heavy (non-hydrogen) atoms. The average molecular weight is 535 g/mol. The number of nitrogens with zero attached hydrogens (tertiary/aromatic N) is 8. The van der Waals surface area contributed by atoms with Gasteiger partial charge in [0, 0.05) is 25.7 Å². The third-order valence-electron chi connectivity index (χ3n) is 6.60. The van der Waals surface area contributed by atoms with Crippen LogP contribution in [0.3, 0.4) is 0 Å². The molecule has 0 saturated carbocycles. The van der Waals surface area contributed by atoms with Gasteiger partial charge >= 0.3 is 0 Å². The summed E-state index contributed by atoms with van der Waals surface area (Å²) in [5.41, 5.74) is 9.26. The highest BCUT2D eigenvalue weighted by Gasteiger charge is 2.25. The Balaban J connectivity index is 1.56. The molecule has 0 fully saturated rings. The van der Waals surface area contributed by atoms with Gasteiger partial charge in [-0.1, -0.05) is 37.3 Å². The summed E-state index contributed by atoms with van der Waals surface area (Å²) >= 11 is 0. The van der Waals surface area contributed by atoms with Crippen molar-refractivity contribution in [2.45, 2.75) is 26.3 Å². The second-order valence-electron chi connectivity index (χ2n) is 9.26. The van der Waals surface area contributed by atoms with Gasteiger partial charge in [-0.25, -0.2) is 15.0 Å². The van der Waals surface area contributed by atoms with Crippen LogP contribution in [0.2, 0.25) is 0 Å². The van der Waals surface area contributed by atoms with E-state index in [2.05, 4.69) is 30.6 Å². The number of benzene rings is 2. The van der Waals surface area contributed by atoms with E-state index >= 15 is 0 Å². The molecular weight excluding hydrogens is 508 g/mol. The number of nitrogen functional groups attached to an aromatic ring is 1. The molecular formula is C28H26N10O2. The molecule has 4 aromatic heterocycles. The molecule has 200 valence electrons. The van der Waals surface area contributed by atoms with Crippen LogP contribution in [-0.4, -0.2) is 39.5 Å². The fourth-order valence-electron chi connectivity index (χ4n) is 4.74. The largest absolute Gasteiger partial charge is 0.421 e. The zero-order valence-corrected chi connectivity index (χ0v) is 22.1. The zero-order chi connectivity index (χ0) is 27.8. The fraction of sp³-hybridized carbons (Fsp3) is 0.179. The van der Waals surface area contributed by atoms with Crippen LogP contribution in [0.15, 0.2) is 76.5 Å². The van der Waals surface area contributed by atoms with Crippen LogP contribution < -0.4 is 16.6 Å². The Morgan fingerprint density at radius 2 is 1.90 bits per heavy atom. The molecule has 6 rings (SSSR count). The Hall–Kier alpha value is -5.39. The van der Waals surface area contributed by atoms with Gasteiger partial charge in [0.05, 0.1) is 28.8 Å². The Morgan fingerprint density at radius 1 is 1.07 bits per heavy atom. The van der Waals surface area contributed by atoms with E-state index in [0.717, 1.165) is 11.1 Å². The maximum Gasteiger partial charge on any atom is 0.266 e. The quantitative estimate of drug-likeness (QED) is 0.306. The molecule has 0 spiro atoms. The SMILES string of the molecule is CCC(Nc1ncnc(N)c1-c1nnc(C)o1)c1nc2cccc(-c3cnn(C)c3)c2c(=O)n1-c1ccccc1. The monoisotopic (exact) mass is 534 g/mol. The third-order valence-corrected chi connectivity index (χ3v) is 6.60. The first-order chi connectivity index (χ1) is 19.4. The minimum atomic E-state index is -0.448. The second kappa shape index (κ2) is 10.1. The molecule has 3 N–H and O–H groups in total. The molecule has 0 aliphatic carbocycles. The van der Waals surface area contributed by atoms with Crippen molar-refractivity contribution in [1.29, 1.82) is 0 Å². The molecule has 0 saturated heterocycles. The number of nitrogens with two attached hydrogens (primary N) is 1. The van der Waals surface area contributed by atoms with Crippen LogP contribution >= 0.6 is 0 Å². The van der Waals surface area contributed by atoms with Crippen molar-refractivity contribution >= 4 is 22.5 Å². The highest BCUT2D eigenvalue weighted by Crippen LogP contribution is 2.33. The minimum Gasteiger partial charge on any atom is -0.421 e. The molecule has 1 atom stereocenters. The molecule has 2 aromatic carbocycles. The van der Waals surface area contributed by atoms with E-state index in [1.165, 1.54) is 6.33 Å².